The van der Waals surface area contributed by atoms with Crippen LogP contribution in [0.4, 0.5) is 11.6 Å². The minimum absolute atomic E-state index is 0. The molecule has 0 bridgehead atoms. The van der Waals surface area contributed by atoms with Crippen molar-refractivity contribution in [3.63, 3.8) is 0 Å². The number of fused-ring (bicyclic) bond motifs is 2. The van der Waals surface area contributed by atoms with E-state index >= 15 is 0 Å². The molecule has 0 aliphatic heterocycles. The highest BCUT2D eigenvalue weighted by Crippen LogP contribution is 2.15. The smallest absolute Gasteiger partial charge is 0.226 e. The maximum atomic E-state index is 12.2. The molecule has 4 rings (SSSR count). The molecular weight excluding hydrogens is 430 g/mol. The summed E-state index contributed by atoms with van der Waals surface area (Å²) in [6, 6.07) is 15.0. The number of anilines is 2. The van der Waals surface area contributed by atoms with Gasteiger partial charge in [-0.05, 0) is 62.4 Å². The summed E-state index contributed by atoms with van der Waals surface area (Å²) in [5.74, 6) is 0.624. The highest BCUT2D eigenvalue weighted by atomic mass is 16.2. The molecule has 0 fully saturated rings. The van der Waals surface area contributed by atoms with Crippen molar-refractivity contribution in [3.05, 3.63) is 59.9 Å². The van der Waals surface area contributed by atoms with Gasteiger partial charge in [-0.1, -0.05) is 7.43 Å². The Balaban J connectivity index is 0.00000324. The average molecular weight is 460 g/mol. The molecule has 2 amide bonds. The van der Waals surface area contributed by atoms with Crippen molar-refractivity contribution < 1.29 is 9.59 Å². The zero-order chi connectivity index (χ0) is 23.2. The lowest BCUT2D eigenvalue weighted by Gasteiger charge is -2.08. The molecule has 9 nitrogen and oxygen atoms in total. The first-order valence-electron chi connectivity index (χ1n) is 10.8. The van der Waals surface area contributed by atoms with Gasteiger partial charge in [0.2, 0.25) is 11.8 Å². The van der Waals surface area contributed by atoms with Crippen LogP contribution >= 0.6 is 0 Å². The van der Waals surface area contributed by atoms with E-state index in [0.717, 1.165) is 22.2 Å². The van der Waals surface area contributed by atoms with E-state index in [1.165, 1.54) is 0 Å². The quantitative estimate of drug-likeness (QED) is 0.343. The summed E-state index contributed by atoms with van der Waals surface area (Å²) in [6.07, 6.45) is 0.527. The Labute approximate surface area is 198 Å². The fraction of sp³-hybridized carbons (Fsp3) is 0.280. The van der Waals surface area contributed by atoms with Gasteiger partial charge in [0.15, 0.2) is 11.3 Å². The molecular formula is C25H29N7O2. The van der Waals surface area contributed by atoms with Gasteiger partial charge in [0.05, 0.1) is 0 Å². The third-order valence-electron chi connectivity index (χ3n) is 4.98. The summed E-state index contributed by atoms with van der Waals surface area (Å²) >= 11 is 0. The summed E-state index contributed by atoms with van der Waals surface area (Å²) in [5, 5.41) is 10.5. The van der Waals surface area contributed by atoms with Crippen LogP contribution in [-0.4, -0.2) is 44.8 Å². The number of nitrogens with zero attached hydrogens (tertiary/aromatic N) is 4. The van der Waals surface area contributed by atoms with E-state index < -0.39 is 0 Å². The van der Waals surface area contributed by atoms with Crippen LogP contribution in [0.3, 0.4) is 0 Å². The van der Waals surface area contributed by atoms with Crippen molar-refractivity contribution in [2.75, 3.05) is 23.7 Å². The lowest BCUT2D eigenvalue weighted by Crippen LogP contribution is -2.26. The summed E-state index contributed by atoms with van der Waals surface area (Å²) < 4.78 is 0. The molecule has 0 aromatic carbocycles. The lowest BCUT2D eigenvalue weighted by molar-refractivity contribution is -0.116. The molecule has 0 saturated carbocycles. The van der Waals surface area contributed by atoms with Gasteiger partial charge < -0.3 is 16.0 Å². The van der Waals surface area contributed by atoms with E-state index in [2.05, 4.69) is 35.9 Å². The summed E-state index contributed by atoms with van der Waals surface area (Å²) in [4.78, 5) is 41.9. The second-order valence-corrected chi connectivity index (χ2v) is 7.74. The largest absolute Gasteiger partial charge is 0.316 e. The Hall–Kier alpha value is -3.98. The van der Waals surface area contributed by atoms with Crippen LogP contribution in [0.2, 0.25) is 0 Å². The van der Waals surface area contributed by atoms with Crippen LogP contribution < -0.4 is 16.0 Å². The number of hydrogen-bond acceptors (Lipinski definition) is 7. The number of carbonyl (C=O) groups excluding carboxylic acids is 2. The monoisotopic (exact) mass is 459 g/mol. The fourth-order valence-electron chi connectivity index (χ4n) is 3.27. The maximum absolute atomic E-state index is 12.2. The number of amides is 2. The number of aryl methyl sites for hydroxylation is 2. The number of rotatable bonds is 8. The Bertz CT molecular complexity index is 1220. The van der Waals surface area contributed by atoms with Crippen molar-refractivity contribution in [2.45, 2.75) is 34.1 Å². The molecule has 9 heteroatoms. The van der Waals surface area contributed by atoms with Gasteiger partial charge in [0.25, 0.3) is 0 Å². The third-order valence-corrected chi connectivity index (χ3v) is 4.98. The number of hydrogen-bond donors (Lipinski definition) is 3. The summed E-state index contributed by atoms with van der Waals surface area (Å²) in [7, 11) is 0. The zero-order valence-electron chi connectivity index (χ0n) is 18.6. The average Bonchev–Trinajstić information content (AvgIpc) is 2.78. The van der Waals surface area contributed by atoms with Crippen LogP contribution in [0, 0.1) is 13.8 Å². The number of pyridine rings is 4. The van der Waals surface area contributed by atoms with Crippen molar-refractivity contribution in [3.8, 4) is 0 Å². The SMILES string of the molecule is C.Cc1ccc2ccc(NC(=O)CCNCCC(=O)Nc3ccc4ccc(C)nc4n3)nc2n1. The van der Waals surface area contributed by atoms with Gasteiger partial charge in [-0.2, -0.15) is 0 Å². The highest BCUT2D eigenvalue weighted by Gasteiger charge is 2.07. The van der Waals surface area contributed by atoms with Crippen molar-refractivity contribution in [1.82, 2.24) is 25.3 Å². The van der Waals surface area contributed by atoms with E-state index in [1.54, 1.807) is 12.1 Å². The van der Waals surface area contributed by atoms with E-state index in [1.807, 2.05) is 50.2 Å². The number of aromatic nitrogens is 4. The molecule has 0 radical (unpaired) electrons. The number of nitrogens with one attached hydrogen (secondary N) is 3. The van der Waals surface area contributed by atoms with Crippen molar-refractivity contribution in [2.24, 2.45) is 0 Å². The molecule has 4 aromatic heterocycles. The zero-order valence-corrected chi connectivity index (χ0v) is 18.6. The van der Waals surface area contributed by atoms with Crippen molar-refractivity contribution in [1.29, 1.82) is 0 Å². The Morgan fingerprint density at radius 1 is 0.647 bits per heavy atom. The van der Waals surface area contributed by atoms with E-state index in [-0.39, 0.29) is 32.1 Å². The molecule has 0 saturated heterocycles. The summed E-state index contributed by atoms with van der Waals surface area (Å²) in [5.41, 5.74) is 2.94. The van der Waals surface area contributed by atoms with E-state index in [9.17, 15) is 9.59 Å². The van der Waals surface area contributed by atoms with E-state index in [0.29, 0.717) is 36.0 Å². The minimum atomic E-state index is -0.158. The molecule has 4 heterocycles. The normalized spacial score (nSPS) is 10.6. The van der Waals surface area contributed by atoms with Gasteiger partial charge >= 0.3 is 0 Å². The standard InChI is InChI=1S/C24H25N7O2.CH4/c1-15-3-5-17-7-9-19(30-23(17)26-15)28-21(32)11-13-25-14-12-22(33)29-20-10-8-18-6-4-16(2)27-24(18)31-20;/h3-10,25H,11-14H2,1-2H3,(H,26,28,30,32)(H,27,29,31,33);1H4. The third kappa shape index (κ3) is 6.52. The molecule has 0 spiro atoms. The maximum Gasteiger partial charge on any atom is 0.226 e. The first-order chi connectivity index (χ1) is 16.0. The lowest BCUT2D eigenvalue weighted by atomic mass is 10.2. The van der Waals surface area contributed by atoms with Crippen LogP contribution in [-0.2, 0) is 9.59 Å². The Kier molecular flexibility index (Phi) is 8.15. The van der Waals surface area contributed by atoms with Gasteiger partial charge in [0.1, 0.15) is 11.6 Å². The van der Waals surface area contributed by atoms with Crippen LogP contribution in [0.1, 0.15) is 31.7 Å². The Morgan fingerprint density at radius 2 is 1.06 bits per heavy atom. The van der Waals surface area contributed by atoms with Crippen molar-refractivity contribution >= 4 is 45.5 Å². The topological polar surface area (TPSA) is 122 Å². The first kappa shape index (κ1) is 24.7. The molecule has 34 heavy (non-hydrogen) atoms. The second-order valence-electron chi connectivity index (χ2n) is 7.74. The second kappa shape index (κ2) is 11.2. The molecule has 3 N–H and O–H groups in total. The highest BCUT2D eigenvalue weighted by molar-refractivity contribution is 5.92. The predicted octanol–water partition coefficient (Wildman–Crippen LogP) is 3.77. The van der Waals surface area contributed by atoms with Crippen LogP contribution in [0.15, 0.2) is 48.5 Å². The summed E-state index contributed by atoms with van der Waals surface area (Å²) in [6.45, 7) is 4.69. The van der Waals surface area contributed by atoms with Gasteiger partial charge in [-0.25, -0.2) is 19.9 Å². The first-order valence-corrected chi connectivity index (χ1v) is 10.8. The molecule has 0 atom stereocenters. The molecule has 0 aliphatic carbocycles. The molecule has 4 aromatic rings. The minimum Gasteiger partial charge on any atom is -0.316 e. The molecule has 176 valence electrons. The predicted molar refractivity (Wildman–Crippen MR) is 135 cm³/mol. The van der Waals surface area contributed by atoms with Gasteiger partial charge in [0, 0.05) is 48.1 Å². The fourth-order valence-corrected chi connectivity index (χ4v) is 3.27. The van der Waals surface area contributed by atoms with Gasteiger partial charge in [-0.3, -0.25) is 9.59 Å². The van der Waals surface area contributed by atoms with Gasteiger partial charge in [-0.15, -0.1) is 0 Å². The molecule has 0 aliphatic rings. The Morgan fingerprint density at radius 3 is 1.50 bits per heavy atom. The van der Waals surface area contributed by atoms with Crippen LogP contribution in [0.25, 0.3) is 22.1 Å². The van der Waals surface area contributed by atoms with E-state index in [4.69, 9.17) is 0 Å². The molecule has 0 unspecified atom stereocenters. The van der Waals surface area contributed by atoms with Crippen LogP contribution in [0.5, 0.6) is 0 Å². The number of carbonyl (C=O) groups is 2.